The molecule has 3 heteroatoms. The summed E-state index contributed by atoms with van der Waals surface area (Å²) >= 11 is 0. The summed E-state index contributed by atoms with van der Waals surface area (Å²) in [5, 5.41) is 0. The second-order valence-corrected chi connectivity index (χ2v) is 3.92. The van der Waals surface area contributed by atoms with Crippen LogP contribution in [0.1, 0.15) is 46.0 Å². The molecule has 0 unspecified atom stereocenters. The average Bonchev–Trinajstić information content (AvgIpc) is 2.20. The first-order valence-electron chi connectivity index (χ1n) is 5.79. The number of hydrogen-bond acceptors (Lipinski definition) is 3. The van der Waals surface area contributed by atoms with Crippen LogP contribution in [0.3, 0.4) is 0 Å². The first-order valence-corrected chi connectivity index (χ1v) is 5.79. The van der Waals surface area contributed by atoms with Crippen molar-refractivity contribution in [3.8, 4) is 0 Å². The van der Waals surface area contributed by atoms with E-state index < -0.39 is 5.91 Å². The summed E-state index contributed by atoms with van der Waals surface area (Å²) in [5.41, 5.74) is 6.15. The highest BCUT2D eigenvalue weighted by Gasteiger charge is 2.37. The molecule has 1 saturated carbocycles. The van der Waals surface area contributed by atoms with E-state index in [-0.39, 0.29) is 0 Å². The normalized spacial score (nSPS) is 19.9. The molecule has 0 bridgehead atoms. The maximum atomic E-state index is 6.15. The Labute approximate surface area is 86.9 Å². The van der Waals surface area contributed by atoms with Crippen LogP contribution in [-0.2, 0) is 9.47 Å². The lowest BCUT2D eigenvalue weighted by Crippen LogP contribution is -2.52. The SMILES string of the molecule is CCOC(N)(OCC)C1CCCCC1. The predicted molar refractivity (Wildman–Crippen MR) is 56.7 cm³/mol. The van der Waals surface area contributed by atoms with Gasteiger partial charge in [0.15, 0.2) is 0 Å². The van der Waals surface area contributed by atoms with Crippen LogP contribution in [0.4, 0.5) is 0 Å². The summed E-state index contributed by atoms with van der Waals surface area (Å²) in [6, 6.07) is 0. The minimum atomic E-state index is -0.829. The summed E-state index contributed by atoms with van der Waals surface area (Å²) in [7, 11) is 0. The van der Waals surface area contributed by atoms with E-state index in [1.807, 2.05) is 13.8 Å². The molecule has 0 amide bonds. The molecule has 0 aliphatic heterocycles. The van der Waals surface area contributed by atoms with Crippen molar-refractivity contribution in [1.29, 1.82) is 0 Å². The second kappa shape index (κ2) is 5.69. The highest BCUT2D eigenvalue weighted by atomic mass is 16.7. The summed E-state index contributed by atoms with van der Waals surface area (Å²) in [5.74, 6) is -0.458. The molecule has 2 N–H and O–H groups in total. The Morgan fingerprint density at radius 2 is 1.57 bits per heavy atom. The zero-order chi connectivity index (χ0) is 10.4. The van der Waals surface area contributed by atoms with E-state index in [0.717, 1.165) is 12.8 Å². The van der Waals surface area contributed by atoms with Crippen LogP contribution in [0.15, 0.2) is 0 Å². The monoisotopic (exact) mass is 201 g/mol. The Bertz CT molecular complexity index is 149. The smallest absolute Gasteiger partial charge is 0.227 e. The van der Waals surface area contributed by atoms with Crippen LogP contribution < -0.4 is 5.73 Å². The van der Waals surface area contributed by atoms with E-state index in [9.17, 15) is 0 Å². The lowest BCUT2D eigenvalue weighted by molar-refractivity contribution is -0.264. The van der Waals surface area contributed by atoms with Gasteiger partial charge >= 0.3 is 0 Å². The molecule has 0 aromatic carbocycles. The molecule has 0 aromatic rings. The van der Waals surface area contributed by atoms with Gasteiger partial charge in [0.1, 0.15) is 0 Å². The number of rotatable bonds is 5. The average molecular weight is 201 g/mol. The van der Waals surface area contributed by atoms with Crippen molar-refractivity contribution in [2.45, 2.75) is 51.9 Å². The Kier molecular flexibility index (Phi) is 4.85. The summed E-state index contributed by atoms with van der Waals surface area (Å²) < 4.78 is 11.1. The fourth-order valence-corrected chi connectivity index (χ4v) is 2.23. The Morgan fingerprint density at radius 1 is 1.07 bits per heavy atom. The van der Waals surface area contributed by atoms with Crippen molar-refractivity contribution in [1.82, 2.24) is 0 Å². The molecule has 1 aliphatic carbocycles. The van der Waals surface area contributed by atoms with E-state index in [4.69, 9.17) is 15.2 Å². The van der Waals surface area contributed by atoms with Gasteiger partial charge in [-0.05, 0) is 26.7 Å². The topological polar surface area (TPSA) is 44.5 Å². The van der Waals surface area contributed by atoms with Gasteiger partial charge < -0.3 is 9.47 Å². The van der Waals surface area contributed by atoms with Crippen LogP contribution >= 0.6 is 0 Å². The molecular weight excluding hydrogens is 178 g/mol. The van der Waals surface area contributed by atoms with E-state index in [1.165, 1.54) is 19.3 Å². The van der Waals surface area contributed by atoms with E-state index in [0.29, 0.717) is 19.1 Å². The van der Waals surface area contributed by atoms with Crippen molar-refractivity contribution in [2.75, 3.05) is 13.2 Å². The molecule has 0 radical (unpaired) electrons. The lowest BCUT2D eigenvalue weighted by Gasteiger charge is -2.38. The quantitative estimate of drug-likeness (QED) is 0.694. The first kappa shape index (κ1) is 12.0. The van der Waals surface area contributed by atoms with Gasteiger partial charge in [0.25, 0.3) is 0 Å². The molecule has 0 saturated heterocycles. The van der Waals surface area contributed by atoms with Crippen LogP contribution in [0.5, 0.6) is 0 Å². The molecule has 0 heterocycles. The van der Waals surface area contributed by atoms with E-state index in [2.05, 4.69) is 0 Å². The second-order valence-electron chi connectivity index (χ2n) is 3.92. The molecule has 1 aliphatic rings. The number of hydrogen-bond donors (Lipinski definition) is 1. The minimum absolute atomic E-state index is 0.371. The lowest BCUT2D eigenvalue weighted by atomic mass is 9.86. The maximum absolute atomic E-state index is 6.15. The first-order chi connectivity index (χ1) is 6.73. The van der Waals surface area contributed by atoms with Gasteiger partial charge in [-0.2, -0.15) is 0 Å². The molecule has 0 spiro atoms. The number of nitrogens with two attached hydrogens (primary N) is 1. The number of ether oxygens (including phenoxy) is 2. The highest BCUT2D eigenvalue weighted by Crippen LogP contribution is 2.32. The van der Waals surface area contributed by atoms with Gasteiger partial charge in [0.05, 0.1) is 0 Å². The minimum Gasteiger partial charge on any atom is -0.338 e. The van der Waals surface area contributed by atoms with Gasteiger partial charge in [0, 0.05) is 19.1 Å². The summed E-state index contributed by atoms with van der Waals surface area (Å²) in [6.07, 6.45) is 6.10. The van der Waals surface area contributed by atoms with Gasteiger partial charge in [0.2, 0.25) is 5.91 Å². The molecule has 1 rings (SSSR count). The van der Waals surface area contributed by atoms with Crippen molar-refractivity contribution in [3.63, 3.8) is 0 Å². The molecule has 1 fully saturated rings. The molecule has 0 atom stereocenters. The van der Waals surface area contributed by atoms with Gasteiger partial charge in [-0.15, -0.1) is 0 Å². The van der Waals surface area contributed by atoms with Crippen LogP contribution in [0.2, 0.25) is 0 Å². The van der Waals surface area contributed by atoms with Gasteiger partial charge in [-0.1, -0.05) is 19.3 Å². The van der Waals surface area contributed by atoms with Crippen LogP contribution in [0, 0.1) is 5.92 Å². The molecule has 14 heavy (non-hydrogen) atoms. The molecule has 84 valence electrons. The van der Waals surface area contributed by atoms with Crippen molar-refractivity contribution < 1.29 is 9.47 Å². The molecule has 3 nitrogen and oxygen atoms in total. The molecule has 0 aromatic heterocycles. The van der Waals surface area contributed by atoms with Crippen LogP contribution in [-0.4, -0.2) is 19.1 Å². The zero-order valence-corrected chi connectivity index (χ0v) is 9.42. The third-order valence-corrected chi connectivity index (χ3v) is 2.91. The highest BCUT2D eigenvalue weighted by molar-refractivity contribution is 4.77. The van der Waals surface area contributed by atoms with Gasteiger partial charge in [-0.3, -0.25) is 5.73 Å². The van der Waals surface area contributed by atoms with Crippen molar-refractivity contribution in [3.05, 3.63) is 0 Å². The zero-order valence-electron chi connectivity index (χ0n) is 9.42. The van der Waals surface area contributed by atoms with Crippen molar-refractivity contribution in [2.24, 2.45) is 11.7 Å². The van der Waals surface area contributed by atoms with Gasteiger partial charge in [-0.25, -0.2) is 0 Å². The summed E-state index contributed by atoms with van der Waals surface area (Å²) in [6.45, 7) is 5.16. The summed E-state index contributed by atoms with van der Waals surface area (Å²) in [4.78, 5) is 0. The van der Waals surface area contributed by atoms with E-state index >= 15 is 0 Å². The standard InChI is InChI=1S/C11H23NO2/c1-3-13-11(12,14-4-2)10-8-6-5-7-9-10/h10H,3-9,12H2,1-2H3. The molecular formula is C11H23NO2. The Hall–Kier alpha value is -0.120. The van der Waals surface area contributed by atoms with Crippen LogP contribution in [0.25, 0.3) is 0 Å². The third kappa shape index (κ3) is 2.94. The fraction of sp³-hybridized carbons (Fsp3) is 1.00. The van der Waals surface area contributed by atoms with E-state index in [1.54, 1.807) is 0 Å². The Balaban J connectivity index is 2.54. The predicted octanol–water partition coefficient (Wildman–Crippen LogP) is 2.25. The van der Waals surface area contributed by atoms with Crippen molar-refractivity contribution >= 4 is 0 Å². The largest absolute Gasteiger partial charge is 0.338 e. The third-order valence-electron chi connectivity index (χ3n) is 2.91. The maximum Gasteiger partial charge on any atom is 0.227 e. The Morgan fingerprint density at radius 3 is 2.00 bits per heavy atom. The fourth-order valence-electron chi connectivity index (χ4n) is 2.23.